The van der Waals surface area contributed by atoms with Crippen LogP contribution in [0.25, 0.3) is 16.5 Å². The lowest BCUT2D eigenvalue weighted by molar-refractivity contribution is -0.121. The number of nitrogens with two attached hydrogens (primary N) is 1. The molecule has 1 amide bonds. The van der Waals surface area contributed by atoms with Gasteiger partial charge in [-0.2, -0.15) is 0 Å². The summed E-state index contributed by atoms with van der Waals surface area (Å²) in [6, 6.07) is 13.8. The number of hydrogen-bond donors (Lipinski definition) is 4. The zero-order valence-corrected chi connectivity index (χ0v) is 21.7. The van der Waals surface area contributed by atoms with Gasteiger partial charge < -0.3 is 21.4 Å². The van der Waals surface area contributed by atoms with E-state index in [0.29, 0.717) is 24.4 Å². The summed E-state index contributed by atoms with van der Waals surface area (Å²) in [7, 11) is 0. The number of fused-ring (bicyclic) bond motifs is 1. The van der Waals surface area contributed by atoms with Gasteiger partial charge in [0.25, 0.3) is 5.56 Å². The predicted octanol–water partition coefficient (Wildman–Crippen LogP) is 3.02. The molecule has 0 aliphatic carbocycles. The molecule has 10 nitrogen and oxygen atoms in total. The number of allylic oxidation sites excluding steroid dienone is 1. The highest BCUT2D eigenvalue weighted by Crippen LogP contribution is 2.21. The molecular weight excluding hydrogens is 492 g/mol. The van der Waals surface area contributed by atoms with Gasteiger partial charge in [0, 0.05) is 59.6 Å². The maximum absolute atomic E-state index is 13.6. The molecule has 1 aliphatic heterocycles. The quantitative estimate of drug-likeness (QED) is 0.251. The minimum absolute atomic E-state index is 0.184. The van der Waals surface area contributed by atoms with Crippen LogP contribution in [0.15, 0.2) is 77.0 Å². The number of H-pyrrole nitrogens is 1. The second kappa shape index (κ2) is 12.2. The van der Waals surface area contributed by atoms with Crippen LogP contribution in [0.4, 0.5) is 5.82 Å². The number of hydrogen-bond acceptors (Lipinski definition) is 7. The summed E-state index contributed by atoms with van der Waals surface area (Å²) >= 11 is 0. The SMILES string of the molecule is N/C=C(\C1=NCCCC1)c1cnc(NCCc2ccccc2)c(=O)n1CC(=O)NCc1cc2cnccc2[nH]1. The Bertz CT molecular complexity index is 1540. The fourth-order valence-corrected chi connectivity index (χ4v) is 4.72. The van der Waals surface area contributed by atoms with Crippen molar-refractivity contribution in [2.24, 2.45) is 10.7 Å². The Morgan fingerprint density at radius 1 is 1.15 bits per heavy atom. The smallest absolute Gasteiger partial charge is 0.294 e. The highest BCUT2D eigenvalue weighted by atomic mass is 16.2. The number of aromatic amines is 1. The molecule has 0 unspecified atom stereocenters. The Morgan fingerprint density at radius 2 is 2.03 bits per heavy atom. The summed E-state index contributed by atoms with van der Waals surface area (Å²) in [4.78, 5) is 43.1. The Labute approximate surface area is 226 Å². The molecule has 0 saturated carbocycles. The van der Waals surface area contributed by atoms with Gasteiger partial charge in [-0.1, -0.05) is 30.3 Å². The number of anilines is 1. The molecule has 0 radical (unpaired) electrons. The average Bonchev–Trinajstić information content (AvgIpc) is 3.39. The summed E-state index contributed by atoms with van der Waals surface area (Å²) in [5.74, 6) is -0.119. The third-order valence-electron chi connectivity index (χ3n) is 6.74. The van der Waals surface area contributed by atoms with E-state index in [1.807, 2.05) is 42.5 Å². The lowest BCUT2D eigenvalue weighted by Crippen LogP contribution is -2.36. The van der Waals surface area contributed by atoms with Gasteiger partial charge in [0.05, 0.1) is 18.4 Å². The van der Waals surface area contributed by atoms with Crippen LogP contribution in [0.1, 0.15) is 36.2 Å². The Morgan fingerprint density at radius 3 is 2.79 bits per heavy atom. The first kappa shape index (κ1) is 25.9. The van der Waals surface area contributed by atoms with Crippen molar-refractivity contribution in [1.29, 1.82) is 0 Å². The van der Waals surface area contributed by atoms with Crippen molar-refractivity contribution < 1.29 is 4.79 Å². The number of aliphatic imine (C=N–C) groups is 1. The number of aromatic nitrogens is 4. The molecular formula is C29H32N8O2. The third kappa shape index (κ3) is 6.23. The first-order valence-corrected chi connectivity index (χ1v) is 13.1. The second-order valence-electron chi connectivity index (χ2n) is 9.45. The van der Waals surface area contributed by atoms with Gasteiger partial charge in [0.15, 0.2) is 5.82 Å². The average molecular weight is 525 g/mol. The molecule has 5 N–H and O–H groups in total. The molecule has 0 fully saturated rings. The van der Waals surface area contributed by atoms with Gasteiger partial charge in [0.1, 0.15) is 6.54 Å². The number of benzene rings is 1. The topological polar surface area (TPSA) is 143 Å². The maximum atomic E-state index is 13.6. The van der Waals surface area contributed by atoms with Gasteiger partial charge in [0.2, 0.25) is 5.91 Å². The van der Waals surface area contributed by atoms with E-state index in [2.05, 4.69) is 30.6 Å². The molecule has 0 saturated heterocycles. The van der Waals surface area contributed by atoms with Crippen molar-refractivity contribution in [2.45, 2.75) is 38.8 Å². The number of carbonyl (C=O) groups excluding carboxylic acids is 1. The molecule has 0 spiro atoms. The highest BCUT2D eigenvalue weighted by Gasteiger charge is 2.20. The largest absolute Gasteiger partial charge is 0.404 e. The molecule has 39 heavy (non-hydrogen) atoms. The Hall–Kier alpha value is -4.73. The predicted molar refractivity (Wildman–Crippen MR) is 153 cm³/mol. The summed E-state index contributed by atoms with van der Waals surface area (Å²) in [5, 5.41) is 7.02. The van der Waals surface area contributed by atoms with Crippen LogP contribution >= 0.6 is 0 Å². The summed E-state index contributed by atoms with van der Waals surface area (Å²) in [6.45, 7) is 1.34. The van der Waals surface area contributed by atoms with E-state index in [1.165, 1.54) is 10.8 Å². The molecule has 4 heterocycles. The van der Waals surface area contributed by atoms with Crippen molar-refractivity contribution in [2.75, 3.05) is 18.4 Å². The molecule has 0 atom stereocenters. The van der Waals surface area contributed by atoms with Gasteiger partial charge in [-0.3, -0.25) is 24.1 Å². The van der Waals surface area contributed by atoms with E-state index in [4.69, 9.17) is 5.73 Å². The third-order valence-corrected chi connectivity index (χ3v) is 6.74. The van der Waals surface area contributed by atoms with Crippen LogP contribution in [-0.4, -0.2) is 44.2 Å². The first-order chi connectivity index (χ1) is 19.1. The lowest BCUT2D eigenvalue weighted by atomic mass is 10.00. The van der Waals surface area contributed by atoms with Gasteiger partial charge >= 0.3 is 0 Å². The monoisotopic (exact) mass is 524 g/mol. The zero-order valence-electron chi connectivity index (χ0n) is 21.7. The highest BCUT2D eigenvalue weighted by molar-refractivity contribution is 6.23. The molecule has 200 valence electrons. The van der Waals surface area contributed by atoms with Crippen molar-refractivity contribution in [3.8, 4) is 0 Å². The summed E-state index contributed by atoms with van der Waals surface area (Å²) < 4.78 is 1.43. The fourth-order valence-electron chi connectivity index (χ4n) is 4.72. The zero-order chi connectivity index (χ0) is 27.0. The van der Waals surface area contributed by atoms with E-state index >= 15 is 0 Å². The van der Waals surface area contributed by atoms with Crippen molar-refractivity contribution in [1.82, 2.24) is 24.8 Å². The number of pyridine rings is 1. The number of rotatable bonds is 10. The number of nitrogens with one attached hydrogen (secondary N) is 3. The van der Waals surface area contributed by atoms with Gasteiger partial charge in [-0.15, -0.1) is 0 Å². The minimum atomic E-state index is -0.386. The fraction of sp³-hybridized carbons (Fsp3) is 0.276. The first-order valence-electron chi connectivity index (χ1n) is 13.1. The number of amides is 1. The van der Waals surface area contributed by atoms with Crippen LogP contribution in [0.2, 0.25) is 0 Å². The number of carbonyl (C=O) groups is 1. The molecule has 1 aliphatic rings. The molecule has 4 aromatic rings. The Balaban J connectivity index is 1.37. The van der Waals surface area contributed by atoms with E-state index in [1.54, 1.807) is 18.6 Å². The van der Waals surface area contributed by atoms with E-state index < -0.39 is 0 Å². The van der Waals surface area contributed by atoms with Crippen LogP contribution in [0.3, 0.4) is 0 Å². The molecule has 10 heteroatoms. The van der Waals surface area contributed by atoms with Crippen molar-refractivity contribution in [3.05, 3.63) is 94.6 Å². The van der Waals surface area contributed by atoms with Crippen molar-refractivity contribution in [3.63, 3.8) is 0 Å². The molecule has 1 aromatic carbocycles. The van der Waals surface area contributed by atoms with Gasteiger partial charge in [-0.05, 0) is 43.4 Å². The number of nitrogens with zero attached hydrogens (tertiary/aromatic N) is 4. The van der Waals surface area contributed by atoms with E-state index in [0.717, 1.165) is 53.6 Å². The van der Waals surface area contributed by atoms with E-state index in [9.17, 15) is 9.59 Å². The normalized spacial score (nSPS) is 13.7. The van der Waals surface area contributed by atoms with Crippen LogP contribution in [0.5, 0.6) is 0 Å². The molecule has 3 aromatic heterocycles. The summed E-state index contributed by atoms with van der Waals surface area (Å²) in [6.07, 6.45) is 10.0. The van der Waals surface area contributed by atoms with Gasteiger partial charge in [-0.25, -0.2) is 4.98 Å². The second-order valence-corrected chi connectivity index (χ2v) is 9.45. The van der Waals surface area contributed by atoms with E-state index in [-0.39, 0.29) is 30.4 Å². The van der Waals surface area contributed by atoms with Crippen LogP contribution in [-0.2, 0) is 24.3 Å². The van der Waals surface area contributed by atoms with Crippen molar-refractivity contribution >= 4 is 33.9 Å². The standard InChI is InChI=1S/C29H32N8O2/c30-15-23(25-8-4-5-11-32-25)26-18-35-28(33-13-9-20-6-2-1-3-7-20)29(39)37(26)19-27(38)34-17-22-14-21-16-31-12-10-24(21)36-22/h1-3,6-7,10,12,14-16,18,36H,4-5,8-9,11,13,17,19,30H2,(H,33,35)(H,34,38)/b23-15+. The van der Waals surface area contributed by atoms with Crippen LogP contribution in [0, 0.1) is 0 Å². The van der Waals surface area contributed by atoms with Crippen LogP contribution < -0.4 is 21.9 Å². The maximum Gasteiger partial charge on any atom is 0.294 e. The molecule has 5 rings (SSSR count). The lowest BCUT2D eigenvalue weighted by Gasteiger charge is -2.19. The minimum Gasteiger partial charge on any atom is -0.404 e. The Kier molecular flexibility index (Phi) is 8.11. The molecule has 0 bridgehead atoms. The summed E-state index contributed by atoms with van der Waals surface area (Å²) in [5.41, 5.74) is 10.5.